The van der Waals surface area contributed by atoms with E-state index in [1.807, 2.05) is 18.3 Å². The highest BCUT2D eigenvalue weighted by Crippen LogP contribution is 2.13. The predicted octanol–water partition coefficient (Wildman–Crippen LogP) is 0.644. The van der Waals surface area contributed by atoms with Crippen molar-refractivity contribution in [2.24, 2.45) is 0 Å². The Labute approximate surface area is 98.2 Å². The van der Waals surface area contributed by atoms with Gasteiger partial charge in [0.2, 0.25) is 5.91 Å². The van der Waals surface area contributed by atoms with Gasteiger partial charge in [0.1, 0.15) is 0 Å². The Morgan fingerprint density at radius 3 is 2.88 bits per heavy atom. The van der Waals surface area contributed by atoms with Crippen LogP contribution in [0.1, 0.15) is 10.4 Å². The van der Waals surface area contributed by atoms with E-state index in [9.17, 15) is 9.59 Å². The number of benzene rings is 1. The van der Waals surface area contributed by atoms with Gasteiger partial charge >= 0.3 is 0 Å². The van der Waals surface area contributed by atoms with Crippen LogP contribution in [0.15, 0.2) is 30.5 Å². The van der Waals surface area contributed by atoms with Crippen LogP contribution in [0.4, 0.5) is 0 Å². The van der Waals surface area contributed by atoms with Crippen LogP contribution in [0.5, 0.6) is 0 Å². The maximum atomic E-state index is 11.7. The maximum Gasteiger partial charge on any atom is 0.251 e. The van der Waals surface area contributed by atoms with Gasteiger partial charge in [-0.25, -0.2) is 0 Å². The predicted molar refractivity (Wildman–Crippen MR) is 64.7 cm³/mol. The molecule has 0 fully saturated rings. The molecule has 88 valence electrons. The average Bonchev–Trinajstić information content (AvgIpc) is 2.82. The van der Waals surface area contributed by atoms with E-state index < -0.39 is 0 Å². The van der Waals surface area contributed by atoms with Crippen molar-refractivity contribution in [3.05, 3.63) is 36.0 Å². The summed E-state index contributed by atoms with van der Waals surface area (Å²) in [6.07, 6.45) is 1.82. The number of carbonyl (C=O) groups is 2. The Balaban J connectivity index is 2.10. The van der Waals surface area contributed by atoms with Gasteiger partial charge in [-0.3, -0.25) is 9.59 Å². The molecule has 0 aliphatic carbocycles. The van der Waals surface area contributed by atoms with Crippen molar-refractivity contribution in [2.75, 3.05) is 13.6 Å². The first-order chi connectivity index (χ1) is 8.20. The van der Waals surface area contributed by atoms with Gasteiger partial charge in [0.15, 0.2) is 0 Å². The van der Waals surface area contributed by atoms with Crippen molar-refractivity contribution in [1.29, 1.82) is 0 Å². The van der Waals surface area contributed by atoms with E-state index in [0.29, 0.717) is 5.56 Å². The SMILES string of the molecule is CNC(=O)CNC(=O)c1ccc2[nH]ccc2c1. The lowest BCUT2D eigenvalue weighted by Gasteiger charge is -2.04. The Morgan fingerprint density at radius 2 is 2.12 bits per heavy atom. The molecule has 5 heteroatoms. The summed E-state index contributed by atoms with van der Waals surface area (Å²) in [6.45, 7) is -0.0134. The minimum absolute atomic E-state index is 0.0134. The molecule has 1 aromatic heterocycles. The van der Waals surface area contributed by atoms with Gasteiger partial charge in [0.25, 0.3) is 5.91 Å². The number of carbonyl (C=O) groups excluding carboxylic acids is 2. The molecule has 0 saturated carbocycles. The molecule has 1 heterocycles. The largest absolute Gasteiger partial charge is 0.361 e. The summed E-state index contributed by atoms with van der Waals surface area (Å²) in [6, 6.07) is 7.23. The van der Waals surface area contributed by atoms with Crippen LogP contribution in [-0.4, -0.2) is 30.4 Å². The van der Waals surface area contributed by atoms with E-state index in [4.69, 9.17) is 0 Å². The van der Waals surface area contributed by atoms with Crippen molar-refractivity contribution >= 4 is 22.7 Å². The highest BCUT2D eigenvalue weighted by molar-refractivity contribution is 5.99. The van der Waals surface area contributed by atoms with Gasteiger partial charge in [-0.05, 0) is 24.3 Å². The molecule has 0 saturated heterocycles. The molecule has 0 spiro atoms. The number of rotatable bonds is 3. The van der Waals surface area contributed by atoms with Crippen molar-refractivity contribution < 1.29 is 9.59 Å². The minimum atomic E-state index is -0.253. The fourth-order valence-electron chi connectivity index (χ4n) is 1.55. The number of likely N-dealkylation sites (N-methyl/N-ethyl adjacent to an activating group) is 1. The summed E-state index contributed by atoms with van der Waals surface area (Å²) in [5, 5.41) is 5.95. The molecule has 0 radical (unpaired) electrons. The molecule has 0 aliphatic rings. The van der Waals surface area contributed by atoms with Crippen molar-refractivity contribution in [1.82, 2.24) is 15.6 Å². The van der Waals surface area contributed by atoms with Crippen LogP contribution >= 0.6 is 0 Å². The molecule has 0 unspecified atom stereocenters. The molecule has 1 aromatic carbocycles. The molecule has 2 amide bonds. The third-order valence-corrected chi connectivity index (χ3v) is 2.50. The molecule has 0 aliphatic heterocycles. The normalized spacial score (nSPS) is 10.2. The van der Waals surface area contributed by atoms with Crippen molar-refractivity contribution in [3.63, 3.8) is 0 Å². The zero-order valence-electron chi connectivity index (χ0n) is 9.41. The number of hydrogen-bond donors (Lipinski definition) is 3. The highest BCUT2D eigenvalue weighted by Gasteiger charge is 2.07. The van der Waals surface area contributed by atoms with E-state index >= 15 is 0 Å². The van der Waals surface area contributed by atoms with Crippen LogP contribution in [0, 0.1) is 0 Å². The van der Waals surface area contributed by atoms with Gasteiger partial charge < -0.3 is 15.6 Å². The van der Waals surface area contributed by atoms with E-state index in [-0.39, 0.29) is 18.4 Å². The number of aromatic nitrogens is 1. The number of amides is 2. The molecular formula is C12H13N3O2. The average molecular weight is 231 g/mol. The molecular weight excluding hydrogens is 218 g/mol. The number of aromatic amines is 1. The molecule has 0 bridgehead atoms. The number of H-pyrrole nitrogens is 1. The minimum Gasteiger partial charge on any atom is -0.361 e. The van der Waals surface area contributed by atoms with Gasteiger partial charge in [0, 0.05) is 29.7 Å². The summed E-state index contributed by atoms with van der Waals surface area (Å²) in [7, 11) is 1.53. The van der Waals surface area contributed by atoms with Gasteiger partial charge in [-0.2, -0.15) is 0 Å². The summed E-state index contributed by atoms with van der Waals surface area (Å²) in [4.78, 5) is 25.8. The van der Waals surface area contributed by atoms with Crippen LogP contribution in [0.25, 0.3) is 10.9 Å². The fraction of sp³-hybridized carbons (Fsp3) is 0.167. The monoisotopic (exact) mass is 231 g/mol. The summed E-state index contributed by atoms with van der Waals surface area (Å²) in [5.41, 5.74) is 1.52. The first-order valence-corrected chi connectivity index (χ1v) is 5.26. The van der Waals surface area contributed by atoms with Crippen LogP contribution in [0.3, 0.4) is 0 Å². The standard InChI is InChI=1S/C12H13N3O2/c1-13-11(16)7-15-12(17)9-2-3-10-8(6-9)4-5-14-10/h2-6,14H,7H2,1H3,(H,13,16)(H,15,17). The molecule has 0 atom stereocenters. The lowest BCUT2D eigenvalue weighted by molar-refractivity contribution is -0.119. The number of hydrogen-bond acceptors (Lipinski definition) is 2. The smallest absolute Gasteiger partial charge is 0.251 e. The van der Waals surface area contributed by atoms with Gasteiger partial charge in [-0.15, -0.1) is 0 Å². The lowest BCUT2D eigenvalue weighted by atomic mass is 10.1. The summed E-state index contributed by atoms with van der Waals surface area (Å²) >= 11 is 0. The zero-order valence-corrected chi connectivity index (χ0v) is 9.41. The Hall–Kier alpha value is -2.30. The second kappa shape index (κ2) is 4.69. The fourth-order valence-corrected chi connectivity index (χ4v) is 1.55. The maximum absolute atomic E-state index is 11.7. The summed E-state index contributed by atoms with van der Waals surface area (Å²) in [5.74, 6) is -0.474. The van der Waals surface area contributed by atoms with Crippen molar-refractivity contribution in [2.45, 2.75) is 0 Å². The summed E-state index contributed by atoms with van der Waals surface area (Å²) < 4.78 is 0. The Morgan fingerprint density at radius 1 is 1.29 bits per heavy atom. The number of nitrogens with one attached hydrogen (secondary N) is 3. The Bertz CT molecular complexity index is 560. The van der Waals surface area contributed by atoms with Crippen LogP contribution in [0.2, 0.25) is 0 Å². The van der Waals surface area contributed by atoms with E-state index in [1.54, 1.807) is 12.1 Å². The van der Waals surface area contributed by atoms with E-state index in [1.165, 1.54) is 7.05 Å². The number of fused-ring (bicyclic) bond motifs is 1. The first kappa shape index (κ1) is 11.2. The van der Waals surface area contributed by atoms with E-state index in [2.05, 4.69) is 15.6 Å². The first-order valence-electron chi connectivity index (χ1n) is 5.26. The molecule has 3 N–H and O–H groups in total. The second-order valence-electron chi connectivity index (χ2n) is 3.64. The van der Waals surface area contributed by atoms with Crippen molar-refractivity contribution in [3.8, 4) is 0 Å². The van der Waals surface area contributed by atoms with Gasteiger partial charge in [0.05, 0.1) is 6.54 Å². The highest BCUT2D eigenvalue weighted by atomic mass is 16.2. The van der Waals surface area contributed by atoms with Crippen LogP contribution in [-0.2, 0) is 4.79 Å². The Kier molecular flexibility index (Phi) is 3.09. The molecule has 2 aromatic rings. The zero-order chi connectivity index (χ0) is 12.3. The topological polar surface area (TPSA) is 74.0 Å². The quantitative estimate of drug-likeness (QED) is 0.725. The van der Waals surface area contributed by atoms with E-state index in [0.717, 1.165) is 10.9 Å². The molecule has 2 rings (SSSR count). The molecule has 5 nitrogen and oxygen atoms in total. The van der Waals surface area contributed by atoms with Crippen LogP contribution < -0.4 is 10.6 Å². The second-order valence-corrected chi connectivity index (χ2v) is 3.64. The molecule has 17 heavy (non-hydrogen) atoms. The third kappa shape index (κ3) is 2.44. The third-order valence-electron chi connectivity index (χ3n) is 2.50. The lowest BCUT2D eigenvalue weighted by Crippen LogP contribution is -2.35. The van der Waals surface area contributed by atoms with Gasteiger partial charge in [-0.1, -0.05) is 0 Å².